The Morgan fingerprint density at radius 1 is 1.20 bits per heavy atom. The van der Waals surface area contributed by atoms with E-state index in [-0.39, 0.29) is 30.7 Å². The third-order valence-electron chi connectivity index (χ3n) is 2.85. The molecule has 0 aliphatic carbocycles. The summed E-state index contributed by atoms with van der Waals surface area (Å²) < 4.78 is 0. The highest BCUT2D eigenvalue weighted by molar-refractivity contribution is 5.78. The molecule has 116 valence electrons. The minimum Gasteiger partial charge on any atom is -0.481 e. The smallest absolute Gasteiger partial charge is 0.315 e. The maximum Gasteiger partial charge on any atom is 0.315 e. The number of nitrogens with one attached hydrogen (secondary N) is 2. The zero-order valence-corrected chi connectivity index (χ0v) is 12.8. The van der Waals surface area contributed by atoms with Crippen LogP contribution < -0.4 is 10.6 Å². The van der Waals surface area contributed by atoms with Crippen LogP contribution in [0.5, 0.6) is 0 Å². The van der Waals surface area contributed by atoms with E-state index in [2.05, 4.69) is 10.6 Å². The number of nitrogens with zero attached hydrogens (tertiary/aromatic N) is 1. The van der Waals surface area contributed by atoms with Gasteiger partial charge in [-0.25, -0.2) is 4.79 Å². The van der Waals surface area contributed by atoms with E-state index in [1.54, 1.807) is 14.1 Å². The van der Waals surface area contributed by atoms with Crippen molar-refractivity contribution in [3.05, 3.63) is 0 Å². The van der Waals surface area contributed by atoms with Gasteiger partial charge in [-0.2, -0.15) is 0 Å². The molecule has 0 aliphatic heterocycles. The molecular formula is C13H25N3O4. The van der Waals surface area contributed by atoms with Crippen molar-refractivity contribution in [1.82, 2.24) is 15.5 Å². The van der Waals surface area contributed by atoms with Crippen molar-refractivity contribution >= 4 is 17.9 Å². The molecule has 0 saturated carbocycles. The molecule has 0 radical (unpaired) electrons. The monoisotopic (exact) mass is 287 g/mol. The van der Waals surface area contributed by atoms with Crippen molar-refractivity contribution in [1.29, 1.82) is 0 Å². The number of rotatable bonds is 6. The summed E-state index contributed by atoms with van der Waals surface area (Å²) in [6.07, 6.45) is 0.0626. The molecule has 1 atom stereocenters. The first-order valence-corrected chi connectivity index (χ1v) is 6.50. The first-order chi connectivity index (χ1) is 9.04. The number of carbonyl (C=O) groups excluding carboxylic acids is 2. The quantitative estimate of drug-likeness (QED) is 0.668. The number of amides is 3. The van der Waals surface area contributed by atoms with Crippen molar-refractivity contribution in [2.75, 3.05) is 20.6 Å². The molecule has 0 saturated heterocycles. The molecule has 0 aromatic heterocycles. The Kier molecular flexibility index (Phi) is 7.02. The van der Waals surface area contributed by atoms with Crippen LogP contribution in [0.4, 0.5) is 4.79 Å². The number of carboxylic acids is 1. The summed E-state index contributed by atoms with van der Waals surface area (Å²) in [5, 5.41) is 14.0. The molecule has 0 rings (SSSR count). The molecule has 0 heterocycles. The number of urea groups is 1. The number of aliphatic carboxylic acids is 1. The largest absolute Gasteiger partial charge is 0.481 e. The fourth-order valence-electron chi connectivity index (χ4n) is 1.46. The number of carboxylic acid groups (broad SMARTS) is 1. The van der Waals surface area contributed by atoms with Crippen LogP contribution in [0.25, 0.3) is 0 Å². The van der Waals surface area contributed by atoms with Gasteiger partial charge in [-0.3, -0.25) is 9.59 Å². The standard InChI is InChI=1S/C13H25N3O4/c1-13(2,3)9(8-11(18)19)15-12(20)14-7-6-10(17)16(4)5/h9H,6-8H2,1-5H3,(H,18,19)(H2,14,15,20). The van der Waals surface area contributed by atoms with Crippen LogP contribution in [0.1, 0.15) is 33.6 Å². The molecule has 7 nitrogen and oxygen atoms in total. The van der Waals surface area contributed by atoms with Crippen LogP contribution in [0, 0.1) is 5.41 Å². The Morgan fingerprint density at radius 3 is 2.15 bits per heavy atom. The molecule has 0 spiro atoms. The maximum atomic E-state index is 11.7. The number of hydrogen-bond acceptors (Lipinski definition) is 3. The fourth-order valence-corrected chi connectivity index (χ4v) is 1.46. The van der Waals surface area contributed by atoms with Gasteiger partial charge in [0, 0.05) is 33.1 Å². The Labute approximate surface area is 119 Å². The first-order valence-electron chi connectivity index (χ1n) is 6.50. The summed E-state index contributed by atoms with van der Waals surface area (Å²) in [6, 6.07) is -0.942. The van der Waals surface area contributed by atoms with Crippen LogP contribution in [0.15, 0.2) is 0 Å². The van der Waals surface area contributed by atoms with E-state index in [9.17, 15) is 14.4 Å². The molecule has 0 aromatic rings. The highest BCUT2D eigenvalue weighted by Crippen LogP contribution is 2.21. The second-order valence-corrected chi connectivity index (χ2v) is 5.95. The van der Waals surface area contributed by atoms with E-state index in [4.69, 9.17) is 5.11 Å². The third-order valence-corrected chi connectivity index (χ3v) is 2.85. The van der Waals surface area contributed by atoms with Gasteiger partial charge in [0.25, 0.3) is 0 Å². The zero-order chi connectivity index (χ0) is 15.9. The molecular weight excluding hydrogens is 262 g/mol. The van der Waals surface area contributed by atoms with Crippen molar-refractivity contribution in [3.8, 4) is 0 Å². The van der Waals surface area contributed by atoms with Gasteiger partial charge in [0.2, 0.25) is 5.91 Å². The van der Waals surface area contributed by atoms with Crippen LogP contribution in [-0.4, -0.2) is 54.6 Å². The van der Waals surface area contributed by atoms with Crippen LogP contribution in [-0.2, 0) is 9.59 Å². The van der Waals surface area contributed by atoms with Crippen LogP contribution in [0.3, 0.4) is 0 Å². The summed E-state index contributed by atoms with van der Waals surface area (Å²) in [7, 11) is 3.29. The average molecular weight is 287 g/mol. The minimum atomic E-state index is -0.965. The minimum absolute atomic E-state index is 0.0804. The van der Waals surface area contributed by atoms with E-state index in [1.807, 2.05) is 20.8 Å². The molecule has 0 aromatic carbocycles. The molecule has 0 fully saturated rings. The average Bonchev–Trinajstić information content (AvgIpc) is 2.25. The van der Waals surface area contributed by atoms with Gasteiger partial charge < -0.3 is 20.6 Å². The van der Waals surface area contributed by atoms with Gasteiger partial charge in [0.05, 0.1) is 6.42 Å². The topological polar surface area (TPSA) is 98.7 Å². The highest BCUT2D eigenvalue weighted by atomic mass is 16.4. The SMILES string of the molecule is CN(C)C(=O)CCNC(=O)NC(CC(=O)O)C(C)(C)C. The fraction of sp³-hybridized carbons (Fsp3) is 0.769. The lowest BCUT2D eigenvalue weighted by Gasteiger charge is -2.30. The van der Waals surface area contributed by atoms with Crippen molar-refractivity contribution < 1.29 is 19.5 Å². The zero-order valence-electron chi connectivity index (χ0n) is 12.8. The highest BCUT2D eigenvalue weighted by Gasteiger charge is 2.28. The van der Waals surface area contributed by atoms with Gasteiger partial charge in [-0.05, 0) is 5.41 Å². The second-order valence-electron chi connectivity index (χ2n) is 5.95. The van der Waals surface area contributed by atoms with E-state index in [0.717, 1.165) is 0 Å². The summed E-state index contributed by atoms with van der Waals surface area (Å²) in [5.41, 5.74) is -0.366. The Bertz CT molecular complexity index is 361. The Balaban J connectivity index is 4.27. The van der Waals surface area contributed by atoms with Gasteiger partial charge in [-0.1, -0.05) is 20.8 Å². The Hall–Kier alpha value is -1.79. The lowest BCUT2D eigenvalue weighted by atomic mass is 9.85. The van der Waals surface area contributed by atoms with Crippen molar-refractivity contribution in [2.24, 2.45) is 5.41 Å². The molecule has 0 bridgehead atoms. The second kappa shape index (κ2) is 7.72. The summed E-state index contributed by atoms with van der Waals surface area (Å²) >= 11 is 0. The van der Waals surface area contributed by atoms with Crippen LogP contribution >= 0.6 is 0 Å². The normalized spacial score (nSPS) is 12.4. The van der Waals surface area contributed by atoms with Gasteiger partial charge >= 0.3 is 12.0 Å². The van der Waals surface area contributed by atoms with E-state index in [1.165, 1.54) is 4.90 Å². The third kappa shape index (κ3) is 7.60. The van der Waals surface area contributed by atoms with Crippen molar-refractivity contribution in [3.63, 3.8) is 0 Å². The van der Waals surface area contributed by atoms with Crippen molar-refractivity contribution in [2.45, 2.75) is 39.7 Å². The summed E-state index contributed by atoms with van der Waals surface area (Å²) in [6.45, 7) is 5.79. The number of carbonyl (C=O) groups is 3. The molecule has 3 N–H and O–H groups in total. The molecule has 3 amide bonds. The molecule has 20 heavy (non-hydrogen) atoms. The molecule has 1 unspecified atom stereocenters. The lowest BCUT2D eigenvalue weighted by molar-refractivity contribution is -0.138. The summed E-state index contributed by atoms with van der Waals surface area (Å²) in [5.74, 6) is -1.05. The predicted octanol–water partition coefficient (Wildman–Crippen LogP) is 0.653. The summed E-state index contributed by atoms with van der Waals surface area (Å²) in [4.78, 5) is 35.3. The van der Waals surface area contributed by atoms with E-state index in [0.29, 0.717) is 0 Å². The number of hydrogen-bond donors (Lipinski definition) is 3. The predicted molar refractivity (Wildman–Crippen MR) is 75.3 cm³/mol. The lowest BCUT2D eigenvalue weighted by Crippen LogP contribution is -2.49. The molecule has 0 aliphatic rings. The van der Waals surface area contributed by atoms with E-state index >= 15 is 0 Å². The first kappa shape index (κ1) is 18.2. The van der Waals surface area contributed by atoms with Crippen LogP contribution in [0.2, 0.25) is 0 Å². The van der Waals surface area contributed by atoms with E-state index < -0.39 is 18.0 Å². The van der Waals surface area contributed by atoms with Gasteiger partial charge in [0.15, 0.2) is 0 Å². The van der Waals surface area contributed by atoms with Gasteiger partial charge in [0.1, 0.15) is 0 Å². The Morgan fingerprint density at radius 2 is 1.75 bits per heavy atom. The van der Waals surface area contributed by atoms with Gasteiger partial charge in [-0.15, -0.1) is 0 Å². The maximum absolute atomic E-state index is 11.7. The molecule has 7 heteroatoms.